The molecule has 11 heteroatoms. The molecule has 222 valence electrons. The molecule has 1 aliphatic heterocycles. The molecule has 4 saturated carbocycles. The highest BCUT2D eigenvalue weighted by atomic mass is 16.5. The Bertz CT molecular complexity index is 1210. The van der Waals surface area contributed by atoms with Crippen molar-refractivity contribution in [1.29, 1.82) is 0 Å². The van der Waals surface area contributed by atoms with Crippen LogP contribution in [-0.4, -0.2) is 60.5 Å². The molecule has 4 N–H and O–H groups in total. The number of esters is 1. The van der Waals surface area contributed by atoms with Crippen LogP contribution in [0.3, 0.4) is 0 Å². The number of rotatable bonds is 11. The van der Waals surface area contributed by atoms with Gasteiger partial charge in [0.15, 0.2) is 0 Å². The maximum Gasteiger partial charge on any atom is 0.330 e. The molecule has 4 bridgehead atoms. The van der Waals surface area contributed by atoms with E-state index in [1.54, 1.807) is 18.3 Å². The number of anilines is 1. The predicted octanol–water partition coefficient (Wildman–Crippen LogP) is 1.33. The Balaban J connectivity index is 1.21. The Morgan fingerprint density at radius 3 is 2.51 bits per heavy atom. The van der Waals surface area contributed by atoms with Gasteiger partial charge in [0.1, 0.15) is 18.3 Å². The summed E-state index contributed by atoms with van der Waals surface area (Å²) >= 11 is 0. The highest BCUT2D eigenvalue weighted by Gasteiger charge is 2.48. The van der Waals surface area contributed by atoms with E-state index >= 15 is 0 Å². The second kappa shape index (κ2) is 13.0. The van der Waals surface area contributed by atoms with Gasteiger partial charge < -0.3 is 30.6 Å². The molecule has 4 aliphatic carbocycles. The zero-order chi connectivity index (χ0) is 28.9. The molecule has 1 aromatic rings. The molecule has 5 aliphatic rings. The summed E-state index contributed by atoms with van der Waals surface area (Å²) in [5.41, 5.74) is -0.455. The van der Waals surface area contributed by atoms with Gasteiger partial charge in [0.05, 0.1) is 13.0 Å². The molecule has 0 radical (unpaired) electrons. The molecule has 2 atom stereocenters. The Hall–Kier alpha value is -3.47. The maximum absolute atomic E-state index is 13.3. The molecule has 1 saturated heterocycles. The summed E-state index contributed by atoms with van der Waals surface area (Å²) < 4.78 is 5.89. The number of nitrogens with one attached hydrogen (secondary N) is 4. The third-order valence-electron chi connectivity index (χ3n) is 9.29. The van der Waals surface area contributed by atoms with Crippen molar-refractivity contribution >= 4 is 29.4 Å². The summed E-state index contributed by atoms with van der Waals surface area (Å²) in [4.78, 5) is 63.6. The molecule has 5 fully saturated rings. The number of carbonyl (C=O) groups is 4. The number of ether oxygens (including phenoxy) is 1. The van der Waals surface area contributed by atoms with Crippen LogP contribution >= 0.6 is 0 Å². The van der Waals surface area contributed by atoms with E-state index in [4.69, 9.17) is 0 Å². The molecule has 11 nitrogen and oxygen atoms in total. The third kappa shape index (κ3) is 7.06. The number of hydrogen-bond donors (Lipinski definition) is 4. The van der Waals surface area contributed by atoms with Gasteiger partial charge in [-0.25, -0.2) is 4.79 Å². The number of allylic oxidation sites excluding steroid dienone is 1. The molecule has 0 unspecified atom stereocenters. The van der Waals surface area contributed by atoms with Gasteiger partial charge in [0, 0.05) is 24.9 Å². The Morgan fingerprint density at radius 1 is 1.12 bits per heavy atom. The smallest absolute Gasteiger partial charge is 0.330 e. The zero-order valence-corrected chi connectivity index (χ0v) is 23.6. The minimum atomic E-state index is -0.918. The largest absolute Gasteiger partial charge is 0.466 e. The number of carbonyl (C=O) groups excluding carboxylic acids is 4. The summed E-state index contributed by atoms with van der Waals surface area (Å²) in [6, 6.07) is 2.37. The maximum atomic E-state index is 13.3. The minimum Gasteiger partial charge on any atom is -0.466 e. The fourth-order valence-electron chi connectivity index (χ4n) is 7.47. The highest BCUT2D eigenvalue weighted by Crippen LogP contribution is 2.53. The first kappa shape index (κ1) is 29.0. The lowest BCUT2D eigenvalue weighted by molar-refractivity contribution is -0.135. The van der Waals surface area contributed by atoms with Gasteiger partial charge in [-0.2, -0.15) is 0 Å². The van der Waals surface area contributed by atoms with Crippen molar-refractivity contribution in [2.24, 2.45) is 29.6 Å². The van der Waals surface area contributed by atoms with E-state index < -0.39 is 23.5 Å². The first-order valence-electron chi connectivity index (χ1n) is 14.9. The summed E-state index contributed by atoms with van der Waals surface area (Å²) in [6.45, 7) is 1.15. The van der Waals surface area contributed by atoms with E-state index in [0.29, 0.717) is 31.2 Å². The van der Waals surface area contributed by atoms with Crippen molar-refractivity contribution in [3.63, 3.8) is 0 Å². The number of amides is 3. The molecular weight excluding hydrogens is 526 g/mol. The van der Waals surface area contributed by atoms with Gasteiger partial charge in [-0.3, -0.25) is 19.2 Å². The lowest BCUT2D eigenvalue weighted by Gasteiger charge is -2.54. The van der Waals surface area contributed by atoms with Gasteiger partial charge in [-0.15, -0.1) is 0 Å². The van der Waals surface area contributed by atoms with Crippen LogP contribution in [0.4, 0.5) is 5.69 Å². The Labute approximate surface area is 239 Å². The van der Waals surface area contributed by atoms with Crippen LogP contribution in [0.2, 0.25) is 0 Å². The van der Waals surface area contributed by atoms with Crippen molar-refractivity contribution in [1.82, 2.24) is 20.5 Å². The van der Waals surface area contributed by atoms with Crippen LogP contribution in [-0.2, 0) is 30.5 Å². The van der Waals surface area contributed by atoms with Crippen LogP contribution in [0.5, 0.6) is 0 Å². The average Bonchev–Trinajstić information content (AvgIpc) is 3.49. The van der Waals surface area contributed by atoms with Crippen molar-refractivity contribution in [2.45, 2.75) is 70.0 Å². The summed E-state index contributed by atoms with van der Waals surface area (Å²) in [6.07, 6.45) is 11.7. The third-order valence-corrected chi connectivity index (χ3v) is 9.29. The van der Waals surface area contributed by atoms with E-state index in [-0.39, 0.29) is 42.4 Å². The van der Waals surface area contributed by atoms with Gasteiger partial charge in [-0.05, 0) is 93.7 Å². The molecular formula is C30H41N5O6. The molecule has 6 rings (SSSR count). The highest BCUT2D eigenvalue weighted by molar-refractivity contribution is 5.97. The molecule has 0 aromatic carbocycles. The van der Waals surface area contributed by atoms with Gasteiger partial charge in [-0.1, -0.05) is 6.08 Å². The normalized spacial score (nSPS) is 28.8. The zero-order valence-electron chi connectivity index (χ0n) is 23.6. The van der Waals surface area contributed by atoms with Gasteiger partial charge >= 0.3 is 5.97 Å². The van der Waals surface area contributed by atoms with Crippen molar-refractivity contribution in [3.05, 3.63) is 40.8 Å². The van der Waals surface area contributed by atoms with E-state index in [0.717, 1.165) is 18.4 Å². The number of nitrogens with zero attached hydrogens (tertiary/aromatic N) is 1. The fourth-order valence-corrected chi connectivity index (χ4v) is 7.47. The SMILES string of the molecule is COC(=O)/C=C/CC[C@H](NC(=O)[C@H]1CCNC1)C(=O)Nc1cccn(CC(=O)NC2C3CC4CC(C3)CC2C4)c1=O. The van der Waals surface area contributed by atoms with Gasteiger partial charge in [0.2, 0.25) is 17.7 Å². The van der Waals surface area contributed by atoms with Crippen LogP contribution in [0.25, 0.3) is 0 Å². The second-order valence-corrected chi connectivity index (χ2v) is 12.1. The summed E-state index contributed by atoms with van der Waals surface area (Å²) in [7, 11) is 1.28. The van der Waals surface area contributed by atoms with Crippen molar-refractivity contribution in [2.75, 3.05) is 25.5 Å². The van der Waals surface area contributed by atoms with E-state index in [1.807, 2.05) is 0 Å². The van der Waals surface area contributed by atoms with E-state index in [1.165, 1.54) is 55.9 Å². The predicted molar refractivity (Wildman–Crippen MR) is 152 cm³/mol. The van der Waals surface area contributed by atoms with Crippen LogP contribution < -0.4 is 26.8 Å². The number of aromatic nitrogens is 1. The van der Waals surface area contributed by atoms with E-state index in [9.17, 15) is 24.0 Å². The first-order chi connectivity index (χ1) is 19.8. The lowest BCUT2D eigenvalue weighted by atomic mass is 9.54. The molecule has 3 amide bonds. The fraction of sp³-hybridized carbons (Fsp3) is 0.633. The molecule has 0 spiro atoms. The van der Waals surface area contributed by atoms with E-state index in [2.05, 4.69) is 26.0 Å². The number of methoxy groups -OCH3 is 1. The first-order valence-corrected chi connectivity index (χ1v) is 14.9. The topological polar surface area (TPSA) is 148 Å². The molecule has 2 heterocycles. The Morgan fingerprint density at radius 2 is 1.85 bits per heavy atom. The monoisotopic (exact) mass is 567 g/mol. The molecule has 1 aromatic heterocycles. The average molecular weight is 568 g/mol. The summed E-state index contributed by atoms with van der Waals surface area (Å²) in [5, 5.41) is 11.8. The van der Waals surface area contributed by atoms with Crippen LogP contribution in [0, 0.1) is 29.6 Å². The van der Waals surface area contributed by atoms with Crippen LogP contribution in [0.15, 0.2) is 35.3 Å². The standard InChI is InChI=1S/C30H41N5O6/c1-41-26(37)7-3-2-5-23(32-28(38)20-8-9-31-16-20)29(39)33-24-6-4-10-35(30(24)40)17-25(36)34-27-21-12-18-11-19(14-21)15-22(27)13-18/h3-4,6-7,10,18-23,27,31H,2,5,8-9,11-17H2,1H3,(H,32,38)(H,33,39)(H,34,36)/b7-3+/t18?,19?,20-,21?,22?,23-,27?/m0/s1. The van der Waals surface area contributed by atoms with Crippen molar-refractivity contribution in [3.8, 4) is 0 Å². The quantitative estimate of drug-likeness (QED) is 0.233. The summed E-state index contributed by atoms with van der Waals surface area (Å²) in [5.74, 6) is 0.964. The minimum absolute atomic E-state index is 0.0341. The Kier molecular flexibility index (Phi) is 9.22. The lowest BCUT2D eigenvalue weighted by Crippen LogP contribution is -2.56. The van der Waals surface area contributed by atoms with Crippen molar-refractivity contribution < 1.29 is 23.9 Å². The van der Waals surface area contributed by atoms with Crippen LogP contribution in [0.1, 0.15) is 51.4 Å². The molecule has 41 heavy (non-hydrogen) atoms. The second-order valence-electron chi connectivity index (χ2n) is 12.1. The van der Waals surface area contributed by atoms with Gasteiger partial charge in [0.25, 0.3) is 5.56 Å². The number of pyridine rings is 1. The number of hydrogen-bond acceptors (Lipinski definition) is 7.